The van der Waals surface area contributed by atoms with E-state index in [-0.39, 0.29) is 5.91 Å². The normalized spacial score (nSPS) is 18.2. The molecule has 1 saturated heterocycles. The van der Waals surface area contributed by atoms with Crippen molar-refractivity contribution in [1.82, 2.24) is 9.80 Å². The molecule has 1 amide bonds. The van der Waals surface area contributed by atoms with Crippen LogP contribution in [0.25, 0.3) is 10.8 Å². The van der Waals surface area contributed by atoms with Crippen LogP contribution in [0.15, 0.2) is 53.9 Å². The van der Waals surface area contributed by atoms with Crippen LogP contribution in [0.1, 0.15) is 15.2 Å². The molecule has 0 spiro atoms. The highest BCUT2D eigenvalue weighted by atomic mass is 32.1. The highest BCUT2D eigenvalue weighted by Gasteiger charge is 2.31. The molecule has 2 aromatic carbocycles. The number of hydrogen-bond acceptors (Lipinski definition) is 4. The van der Waals surface area contributed by atoms with E-state index in [0.717, 1.165) is 54.7 Å². The Hall–Kier alpha value is -2.21. The van der Waals surface area contributed by atoms with Crippen molar-refractivity contribution in [2.75, 3.05) is 37.7 Å². The summed E-state index contributed by atoms with van der Waals surface area (Å²) in [7, 11) is 0. The minimum Gasteiger partial charge on any atom is -0.296 e. The molecule has 132 valence electrons. The fraction of sp³-hybridized carbons (Fsp3) is 0.286. The molecule has 5 heteroatoms. The maximum absolute atomic E-state index is 12.9. The average Bonchev–Trinajstić information content (AvgIpc) is 3.27. The number of thiophene rings is 1. The third-order valence-electron chi connectivity index (χ3n) is 5.41. The highest BCUT2D eigenvalue weighted by molar-refractivity contribution is 7.09. The van der Waals surface area contributed by atoms with Gasteiger partial charge in [0, 0.05) is 48.6 Å². The van der Waals surface area contributed by atoms with Crippen LogP contribution in [-0.4, -0.2) is 48.6 Å². The van der Waals surface area contributed by atoms with Gasteiger partial charge in [0.2, 0.25) is 0 Å². The number of benzene rings is 2. The van der Waals surface area contributed by atoms with Gasteiger partial charge in [-0.2, -0.15) is 0 Å². The first-order chi connectivity index (χ1) is 12.8. The van der Waals surface area contributed by atoms with Crippen LogP contribution in [0, 0.1) is 0 Å². The maximum Gasteiger partial charge on any atom is 0.260 e. The molecule has 2 aliphatic heterocycles. The number of carbonyl (C=O) groups is 1. The minimum absolute atomic E-state index is 0.137. The fourth-order valence-electron chi connectivity index (χ4n) is 4.03. The lowest BCUT2D eigenvalue weighted by atomic mass is 10.1. The summed E-state index contributed by atoms with van der Waals surface area (Å²) in [5, 5.41) is 4.40. The molecule has 0 aliphatic carbocycles. The van der Waals surface area contributed by atoms with Gasteiger partial charge >= 0.3 is 0 Å². The number of anilines is 1. The summed E-state index contributed by atoms with van der Waals surface area (Å²) < 4.78 is 0. The van der Waals surface area contributed by atoms with Crippen LogP contribution >= 0.6 is 11.3 Å². The summed E-state index contributed by atoms with van der Waals surface area (Å²) in [5.41, 5.74) is 1.90. The first kappa shape index (κ1) is 16.0. The smallest absolute Gasteiger partial charge is 0.260 e. The number of amides is 1. The van der Waals surface area contributed by atoms with E-state index in [9.17, 15) is 4.79 Å². The van der Waals surface area contributed by atoms with Crippen molar-refractivity contribution < 1.29 is 4.79 Å². The molecule has 0 atom stereocenters. The Balaban J connectivity index is 1.28. The number of nitrogens with zero attached hydrogens (tertiary/aromatic N) is 3. The molecular weight excluding hydrogens is 342 g/mol. The molecular formula is C21H21N3OS. The number of carbonyl (C=O) groups excluding carboxylic acids is 1. The summed E-state index contributed by atoms with van der Waals surface area (Å²) in [6, 6.07) is 16.5. The monoisotopic (exact) mass is 363 g/mol. The number of piperazine rings is 1. The summed E-state index contributed by atoms with van der Waals surface area (Å²) in [6.45, 7) is 5.83. The van der Waals surface area contributed by atoms with E-state index in [1.54, 1.807) is 0 Å². The Morgan fingerprint density at radius 2 is 1.65 bits per heavy atom. The third kappa shape index (κ3) is 2.72. The topological polar surface area (TPSA) is 26.8 Å². The van der Waals surface area contributed by atoms with Crippen molar-refractivity contribution in [3.05, 3.63) is 64.4 Å². The molecule has 0 unspecified atom stereocenters. The first-order valence-electron chi connectivity index (χ1n) is 9.10. The molecule has 26 heavy (non-hydrogen) atoms. The Labute approximate surface area is 157 Å². The standard InChI is InChI=1S/C21H21N3OS/c25-21-18-7-1-4-16-5-2-8-19(20(16)18)24(21)15-23-11-9-22(10-12-23)14-17-6-3-13-26-17/h1-8,13H,9-12,14-15H2. The molecule has 5 rings (SSSR count). The van der Waals surface area contributed by atoms with E-state index in [1.807, 2.05) is 34.4 Å². The lowest BCUT2D eigenvalue weighted by Gasteiger charge is -2.36. The van der Waals surface area contributed by atoms with Crippen LogP contribution in [0.3, 0.4) is 0 Å². The molecule has 1 fully saturated rings. The van der Waals surface area contributed by atoms with Gasteiger partial charge in [-0.3, -0.25) is 19.5 Å². The van der Waals surface area contributed by atoms with Gasteiger partial charge in [0.05, 0.1) is 12.4 Å². The Morgan fingerprint density at radius 1 is 0.885 bits per heavy atom. The molecule has 2 aliphatic rings. The maximum atomic E-state index is 12.9. The van der Waals surface area contributed by atoms with Gasteiger partial charge in [-0.1, -0.05) is 30.3 Å². The quantitative estimate of drug-likeness (QED) is 0.708. The second-order valence-corrected chi connectivity index (χ2v) is 8.06. The van der Waals surface area contributed by atoms with E-state index in [0.29, 0.717) is 6.67 Å². The van der Waals surface area contributed by atoms with Crippen LogP contribution in [-0.2, 0) is 6.54 Å². The van der Waals surface area contributed by atoms with Gasteiger partial charge in [-0.05, 0) is 29.0 Å². The van der Waals surface area contributed by atoms with Crippen LogP contribution < -0.4 is 4.90 Å². The molecule has 3 heterocycles. The number of rotatable bonds is 4. The van der Waals surface area contributed by atoms with E-state index in [1.165, 1.54) is 4.88 Å². The largest absolute Gasteiger partial charge is 0.296 e. The summed E-state index contributed by atoms with van der Waals surface area (Å²) >= 11 is 1.83. The van der Waals surface area contributed by atoms with Gasteiger partial charge in [0.15, 0.2) is 0 Å². The molecule has 0 N–H and O–H groups in total. The zero-order valence-electron chi connectivity index (χ0n) is 14.6. The van der Waals surface area contributed by atoms with Crippen molar-refractivity contribution in [3.8, 4) is 0 Å². The van der Waals surface area contributed by atoms with Gasteiger partial charge in [0.1, 0.15) is 0 Å². The van der Waals surface area contributed by atoms with Crippen LogP contribution in [0.2, 0.25) is 0 Å². The van der Waals surface area contributed by atoms with Crippen molar-refractivity contribution in [3.63, 3.8) is 0 Å². The first-order valence-corrected chi connectivity index (χ1v) is 9.98. The fourth-order valence-corrected chi connectivity index (χ4v) is 4.78. The van der Waals surface area contributed by atoms with Crippen LogP contribution in [0.5, 0.6) is 0 Å². The minimum atomic E-state index is 0.137. The van der Waals surface area contributed by atoms with Gasteiger partial charge in [-0.15, -0.1) is 11.3 Å². The predicted molar refractivity (Wildman–Crippen MR) is 107 cm³/mol. The van der Waals surface area contributed by atoms with Gasteiger partial charge < -0.3 is 0 Å². The lowest BCUT2D eigenvalue weighted by Crippen LogP contribution is -2.50. The van der Waals surface area contributed by atoms with Crippen molar-refractivity contribution in [2.24, 2.45) is 0 Å². The van der Waals surface area contributed by atoms with E-state index in [2.05, 4.69) is 45.5 Å². The Morgan fingerprint density at radius 3 is 2.42 bits per heavy atom. The second kappa shape index (κ2) is 6.50. The summed E-state index contributed by atoms with van der Waals surface area (Å²) in [6.07, 6.45) is 0. The SMILES string of the molecule is O=C1c2cccc3cccc(c23)N1CN1CCN(Cc2cccs2)CC1. The summed E-state index contributed by atoms with van der Waals surface area (Å²) in [4.78, 5) is 21.2. The highest BCUT2D eigenvalue weighted by Crippen LogP contribution is 2.37. The second-order valence-electron chi connectivity index (χ2n) is 7.03. The molecule has 4 nitrogen and oxygen atoms in total. The molecule has 3 aromatic rings. The predicted octanol–water partition coefficient (Wildman–Crippen LogP) is 3.64. The van der Waals surface area contributed by atoms with Crippen molar-refractivity contribution >= 4 is 33.7 Å². The zero-order chi connectivity index (χ0) is 17.5. The van der Waals surface area contributed by atoms with E-state index < -0.39 is 0 Å². The van der Waals surface area contributed by atoms with Crippen LogP contribution in [0.4, 0.5) is 5.69 Å². The summed E-state index contributed by atoms with van der Waals surface area (Å²) in [5.74, 6) is 0.137. The lowest BCUT2D eigenvalue weighted by molar-refractivity contribution is 0.0935. The van der Waals surface area contributed by atoms with Crippen molar-refractivity contribution in [1.29, 1.82) is 0 Å². The Kier molecular flexibility index (Phi) is 4.00. The van der Waals surface area contributed by atoms with Crippen molar-refractivity contribution in [2.45, 2.75) is 6.54 Å². The van der Waals surface area contributed by atoms with Gasteiger partial charge in [0.25, 0.3) is 5.91 Å². The number of hydrogen-bond donors (Lipinski definition) is 0. The van der Waals surface area contributed by atoms with Gasteiger partial charge in [-0.25, -0.2) is 0 Å². The third-order valence-corrected chi connectivity index (χ3v) is 6.28. The zero-order valence-corrected chi connectivity index (χ0v) is 15.4. The molecule has 1 aromatic heterocycles. The van der Waals surface area contributed by atoms with E-state index >= 15 is 0 Å². The average molecular weight is 363 g/mol. The Bertz CT molecular complexity index is 940. The molecule has 0 bridgehead atoms. The molecule has 0 saturated carbocycles. The molecule has 0 radical (unpaired) electrons. The van der Waals surface area contributed by atoms with E-state index in [4.69, 9.17) is 0 Å².